The molecule has 1 aromatic carbocycles. The van der Waals surface area contributed by atoms with Gasteiger partial charge >= 0.3 is 0 Å². The Hall–Kier alpha value is -1.15. The topological polar surface area (TPSA) is 17.1 Å². The van der Waals surface area contributed by atoms with Crippen molar-refractivity contribution >= 4 is 27.2 Å². The summed E-state index contributed by atoms with van der Waals surface area (Å²) in [6, 6.07) is 8.11. The molecule has 0 amide bonds. The molecule has 1 heterocycles. The van der Waals surface area contributed by atoms with Crippen molar-refractivity contribution in [3.05, 3.63) is 35.2 Å². The second kappa shape index (κ2) is 3.46. The molecule has 0 radical (unpaired) electrons. The first-order valence-corrected chi connectivity index (χ1v) is 6.24. The Labute approximate surface area is 92.7 Å². The molecule has 0 unspecified atom stereocenters. The van der Waals surface area contributed by atoms with Gasteiger partial charge in [0.2, 0.25) is 0 Å². The van der Waals surface area contributed by atoms with Gasteiger partial charge in [0.05, 0.1) is 0 Å². The summed E-state index contributed by atoms with van der Waals surface area (Å²) < 4.78 is 1.16. The van der Waals surface area contributed by atoms with Gasteiger partial charge in [-0.15, -0.1) is 11.3 Å². The molecule has 2 aromatic rings. The average molecular weight is 216 g/mol. The maximum absolute atomic E-state index is 12.1. The Morgan fingerprint density at radius 3 is 2.87 bits per heavy atom. The largest absolute Gasteiger partial charge is 0.294 e. The molecule has 0 atom stereocenters. The number of fused-ring (bicyclic) bond motifs is 1. The Morgan fingerprint density at radius 1 is 1.27 bits per heavy atom. The third-order valence-corrected chi connectivity index (χ3v) is 4.18. The fourth-order valence-electron chi connectivity index (χ4n) is 2.08. The van der Waals surface area contributed by atoms with Crippen molar-refractivity contribution in [3.8, 4) is 0 Å². The van der Waals surface area contributed by atoms with E-state index in [-0.39, 0.29) is 0 Å². The number of rotatable bonds is 2. The summed E-state index contributed by atoms with van der Waals surface area (Å²) in [7, 11) is 0. The van der Waals surface area contributed by atoms with Gasteiger partial charge in [-0.3, -0.25) is 4.79 Å². The van der Waals surface area contributed by atoms with Crippen LogP contribution in [0.25, 0.3) is 10.1 Å². The molecule has 1 saturated carbocycles. The number of Topliss-reactive ketones (excluding diaryl/α,β-unsaturated/α-hetero) is 1. The molecule has 0 bridgehead atoms. The van der Waals surface area contributed by atoms with Gasteiger partial charge in [-0.1, -0.05) is 18.6 Å². The van der Waals surface area contributed by atoms with E-state index in [4.69, 9.17) is 0 Å². The van der Waals surface area contributed by atoms with Crippen molar-refractivity contribution < 1.29 is 4.79 Å². The third-order valence-electron chi connectivity index (χ3n) is 3.22. The summed E-state index contributed by atoms with van der Waals surface area (Å²) >= 11 is 1.67. The van der Waals surface area contributed by atoms with Gasteiger partial charge < -0.3 is 0 Å². The maximum Gasteiger partial charge on any atom is 0.167 e. The molecule has 0 saturated heterocycles. The first kappa shape index (κ1) is 9.10. The highest BCUT2D eigenvalue weighted by Crippen LogP contribution is 2.33. The van der Waals surface area contributed by atoms with Gasteiger partial charge in [0, 0.05) is 16.2 Å². The van der Waals surface area contributed by atoms with E-state index in [1.165, 1.54) is 11.8 Å². The van der Waals surface area contributed by atoms with Gasteiger partial charge in [0.25, 0.3) is 0 Å². The Morgan fingerprint density at radius 2 is 2.13 bits per heavy atom. The van der Waals surface area contributed by atoms with E-state index < -0.39 is 0 Å². The minimum atomic E-state index is 0.303. The first-order valence-electron chi connectivity index (χ1n) is 5.37. The SMILES string of the molecule is O=C(c1cccc2ccsc12)C1CCC1. The van der Waals surface area contributed by atoms with Crippen molar-refractivity contribution in [3.63, 3.8) is 0 Å². The summed E-state index contributed by atoms with van der Waals surface area (Å²) in [4.78, 5) is 12.1. The lowest BCUT2D eigenvalue weighted by atomic mass is 9.80. The molecule has 76 valence electrons. The van der Waals surface area contributed by atoms with Gasteiger partial charge in [-0.25, -0.2) is 0 Å². The van der Waals surface area contributed by atoms with Crippen LogP contribution in [-0.2, 0) is 0 Å². The number of carbonyl (C=O) groups excluding carboxylic acids is 1. The number of benzene rings is 1. The number of hydrogen-bond acceptors (Lipinski definition) is 2. The van der Waals surface area contributed by atoms with Crippen LogP contribution >= 0.6 is 11.3 Å². The van der Waals surface area contributed by atoms with E-state index in [0.717, 1.165) is 23.1 Å². The fourth-order valence-corrected chi connectivity index (χ4v) is 3.00. The zero-order valence-electron chi connectivity index (χ0n) is 8.40. The molecule has 1 fully saturated rings. The Bertz CT molecular complexity index is 508. The molecule has 0 aliphatic heterocycles. The molecular formula is C13H12OS. The highest BCUT2D eigenvalue weighted by molar-refractivity contribution is 7.17. The van der Waals surface area contributed by atoms with Crippen LogP contribution in [0.5, 0.6) is 0 Å². The van der Waals surface area contributed by atoms with E-state index in [0.29, 0.717) is 11.7 Å². The summed E-state index contributed by atoms with van der Waals surface area (Å²) in [5.41, 5.74) is 0.937. The van der Waals surface area contributed by atoms with Crippen LogP contribution in [0.4, 0.5) is 0 Å². The lowest BCUT2D eigenvalue weighted by Gasteiger charge is -2.23. The highest BCUT2D eigenvalue weighted by Gasteiger charge is 2.27. The second-order valence-electron chi connectivity index (χ2n) is 4.14. The van der Waals surface area contributed by atoms with Crippen LogP contribution < -0.4 is 0 Å². The van der Waals surface area contributed by atoms with Crippen LogP contribution in [0.2, 0.25) is 0 Å². The molecular weight excluding hydrogens is 204 g/mol. The molecule has 1 aliphatic carbocycles. The normalized spacial score (nSPS) is 16.5. The van der Waals surface area contributed by atoms with E-state index in [2.05, 4.69) is 17.5 Å². The maximum atomic E-state index is 12.1. The lowest BCUT2D eigenvalue weighted by molar-refractivity contribution is 0.0857. The minimum absolute atomic E-state index is 0.303. The summed E-state index contributed by atoms with van der Waals surface area (Å²) in [5, 5.41) is 3.26. The molecule has 2 heteroatoms. The van der Waals surface area contributed by atoms with E-state index in [9.17, 15) is 4.79 Å². The summed E-state index contributed by atoms with van der Waals surface area (Å²) in [6.07, 6.45) is 3.39. The van der Waals surface area contributed by atoms with Crippen LogP contribution in [0.15, 0.2) is 29.6 Å². The third kappa shape index (κ3) is 1.40. The summed E-state index contributed by atoms with van der Waals surface area (Å²) in [5.74, 6) is 0.659. The molecule has 15 heavy (non-hydrogen) atoms. The standard InChI is InChI=1S/C13H12OS/c14-12(9-3-1-4-9)11-6-2-5-10-7-8-15-13(10)11/h2,5-9H,1,3-4H2. The number of hydrogen-bond donors (Lipinski definition) is 0. The van der Waals surface area contributed by atoms with Crippen LogP contribution in [0.1, 0.15) is 29.6 Å². The molecule has 0 spiro atoms. The fraction of sp³-hybridized carbons (Fsp3) is 0.308. The zero-order chi connectivity index (χ0) is 10.3. The first-order chi connectivity index (χ1) is 7.36. The molecule has 1 nitrogen and oxygen atoms in total. The van der Waals surface area contributed by atoms with Crippen LogP contribution in [0, 0.1) is 5.92 Å². The number of thiophene rings is 1. The van der Waals surface area contributed by atoms with Crippen LogP contribution in [-0.4, -0.2) is 5.78 Å². The smallest absolute Gasteiger partial charge is 0.167 e. The summed E-state index contributed by atoms with van der Waals surface area (Å²) in [6.45, 7) is 0. The molecule has 0 N–H and O–H groups in total. The van der Waals surface area contributed by atoms with Crippen molar-refractivity contribution in [1.82, 2.24) is 0 Å². The van der Waals surface area contributed by atoms with E-state index in [1.54, 1.807) is 11.3 Å². The minimum Gasteiger partial charge on any atom is -0.294 e. The van der Waals surface area contributed by atoms with Gasteiger partial charge in [-0.2, -0.15) is 0 Å². The van der Waals surface area contributed by atoms with Crippen molar-refractivity contribution in [2.24, 2.45) is 5.92 Å². The average Bonchev–Trinajstić information content (AvgIpc) is 2.61. The van der Waals surface area contributed by atoms with E-state index in [1.807, 2.05) is 12.1 Å². The van der Waals surface area contributed by atoms with Gasteiger partial charge in [-0.05, 0) is 35.7 Å². The lowest BCUT2D eigenvalue weighted by Crippen LogP contribution is -2.21. The Kier molecular flexibility index (Phi) is 2.10. The molecule has 1 aliphatic rings. The monoisotopic (exact) mass is 216 g/mol. The highest BCUT2D eigenvalue weighted by atomic mass is 32.1. The molecule has 3 rings (SSSR count). The van der Waals surface area contributed by atoms with Crippen molar-refractivity contribution in [2.75, 3.05) is 0 Å². The number of ketones is 1. The van der Waals surface area contributed by atoms with Crippen molar-refractivity contribution in [2.45, 2.75) is 19.3 Å². The van der Waals surface area contributed by atoms with Crippen molar-refractivity contribution in [1.29, 1.82) is 0 Å². The quantitative estimate of drug-likeness (QED) is 0.696. The van der Waals surface area contributed by atoms with Crippen LogP contribution in [0.3, 0.4) is 0 Å². The van der Waals surface area contributed by atoms with Gasteiger partial charge in [0.1, 0.15) is 0 Å². The Balaban J connectivity index is 2.09. The van der Waals surface area contributed by atoms with Gasteiger partial charge in [0.15, 0.2) is 5.78 Å². The predicted octanol–water partition coefficient (Wildman–Crippen LogP) is 3.88. The number of carbonyl (C=O) groups is 1. The predicted molar refractivity (Wildman–Crippen MR) is 63.5 cm³/mol. The van der Waals surface area contributed by atoms with E-state index >= 15 is 0 Å². The molecule has 1 aromatic heterocycles. The zero-order valence-corrected chi connectivity index (χ0v) is 9.22. The second-order valence-corrected chi connectivity index (χ2v) is 5.05.